The molecule has 1 aromatic heterocycles. The van der Waals surface area contributed by atoms with E-state index in [-0.39, 0.29) is 11.2 Å². The SMILES string of the molecule is Cc1onc(-c2ccccc2Cl)c1C(=O)N1CCC(S(C)(=O)=O)CC1. The number of halogens is 1. The summed E-state index contributed by atoms with van der Waals surface area (Å²) in [5.41, 5.74) is 1.43. The summed E-state index contributed by atoms with van der Waals surface area (Å²) in [5.74, 6) is 0.214. The largest absolute Gasteiger partial charge is 0.360 e. The summed E-state index contributed by atoms with van der Waals surface area (Å²) in [6.45, 7) is 2.47. The Hall–Kier alpha value is -1.86. The molecule has 3 rings (SSSR count). The number of hydrogen-bond acceptors (Lipinski definition) is 5. The van der Waals surface area contributed by atoms with Crippen LogP contribution in [0.4, 0.5) is 0 Å². The maximum Gasteiger partial charge on any atom is 0.259 e. The second-order valence-corrected chi connectivity index (χ2v) is 9.00. The van der Waals surface area contributed by atoms with Gasteiger partial charge in [0.25, 0.3) is 5.91 Å². The summed E-state index contributed by atoms with van der Waals surface area (Å²) < 4.78 is 28.6. The Morgan fingerprint density at radius 2 is 1.92 bits per heavy atom. The summed E-state index contributed by atoms with van der Waals surface area (Å²) in [6, 6.07) is 7.13. The van der Waals surface area contributed by atoms with Gasteiger partial charge in [-0.1, -0.05) is 35.0 Å². The average molecular weight is 383 g/mol. The van der Waals surface area contributed by atoms with E-state index in [2.05, 4.69) is 5.16 Å². The number of likely N-dealkylation sites (tertiary alicyclic amines) is 1. The van der Waals surface area contributed by atoms with E-state index in [1.165, 1.54) is 6.26 Å². The van der Waals surface area contributed by atoms with E-state index >= 15 is 0 Å². The highest BCUT2D eigenvalue weighted by Crippen LogP contribution is 2.32. The molecule has 0 N–H and O–H groups in total. The lowest BCUT2D eigenvalue weighted by Gasteiger charge is -2.31. The first-order valence-corrected chi connectivity index (χ1v) is 10.3. The van der Waals surface area contributed by atoms with Crippen molar-refractivity contribution in [1.82, 2.24) is 10.1 Å². The second kappa shape index (κ2) is 6.80. The number of nitrogens with zero attached hydrogens (tertiary/aromatic N) is 2. The number of piperidine rings is 1. The van der Waals surface area contributed by atoms with Crippen LogP contribution in [0.3, 0.4) is 0 Å². The number of aryl methyl sites for hydroxylation is 1. The molecule has 134 valence electrons. The van der Waals surface area contributed by atoms with Crippen LogP contribution in [0.2, 0.25) is 5.02 Å². The molecule has 25 heavy (non-hydrogen) atoms. The van der Waals surface area contributed by atoms with Gasteiger partial charge in [0.1, 0.15) is 26.9 Å². The molecule has 8 heteroatoms. The Bertz CT molecular complexity index is 899. The van der Waals surface area contributed by atoms with Crippen LogP contribution in [0.15, 0.2) is 28.8 Å². The number of rotatable bonds is 3. The molecule has 2 heterocycles. The van der Waals surface area contributed by atoms with Crippen LogP contribution in [-0.2, 0) is 9.84 Å². The number of amides is 1. The quantitative estimate of drug-likeness (QED) is 0.815. The Morgan fingerprint density at radius 3 is 2.52 bits per heavy atom. The fourth-order valence-corrected chi connectivity index (χ4v) is 4.40. The zero-order valence-corrected chi connectivity index (χ0v) is 15.6. The smallest absolute Gasteiger partial charge is 0.259 e. The summed E-state index contributed by atoms with van der Waals surface area (Å²) in [5, 5.41) is 4.11. The number of sulfone groups is 1. The predicted molar refractivity (Wildman–Crippen MR) is 95.5 cm³/mol. The van der Waals surface area contributed by atoms with Crippen LogP contribution in [0.25, 0.3) is 11.3 Å². The van der Waals surface area contributed by atoms with Crippen molar-refractivity contribution in [2.75, 3.05) is 19.3 Å². The van der Waals surface area contributed by atoms with E-state index in [1.807, 2.05) is 6.07 Å². The molecule has 1 saturated heterocycles. The molecule has 0 spiro atoms. The first-order valence-electron chi connectivity index (χ1n) is 7.98. The maximum absolute atomic E-state index is 13.0. The lowest BCUT2D eigenvalue weighted by Crippen LogP contribution is -2.42. The molecule has 1 aromatic carbocycles. The van der Waals surface area contributed by atoms with Crippen LogP contribution < -0.4 is 0 Å². The molecule has 0 aliphatic carbocycles. The van der Waals surface area contributed by atoms with Gasteiger partial charge in [0.05, 0.1) is 10.3 Å². The van der Waals surface area contributed by atoms with E-state index in [4.69, 9.17) is 16.1 Å². The molecule has 6 nitrogen and oxygen atoms in total. The highest BCUT2D eigenvalue weighted by molar-refractivity contribution is 7.91. The molecule has 2 aromatic rings. The topological polar surface area (TPSA) is 80.5 Å². The second-order valence-electron chi connectivity index (χ2n) is 6.26. The molecule has 0 unspecified atom stereocenters. The third kappa shape index (κ3) is 3.57. The van der Waals surface area contributed by atoms with Crippen molar-refractivity contribution >= 4 is 27.3 Å². The van der Waals surface area contributed by atoms with Crippen LogP contribution >= 0.6 is 11.6 Å². The van der Waals surface area contributed by atoms with Crippen LogP contribution in [-0.4, -0.2) is 49.0 Å². The fraction of sp³-hybridized carbons (Fsp3) is 0.412. The molecule has 0 radical (unpaired) electrons. The standard InChI is InChI=1S/C17H19ClN2O4S/c1-11-15(16(19-24-11)13-5-3-4-6-14(13)18)17(21)20-9-7-12(8-10-20)25(2,22)23/h3-6,12H,7-10H2,1-2H3. The van der Waals surface area contributed by atoms with Crippen molar-refractivity contribution in [2.45, 2.75) is 25.0 Å². The molecule has 1 aliphatic rings. The molecule has 1 fully saturated rings. The van der Waals surface area contributed by atoms with Gasteiger partial charge >= 0.3 is 0 Å². The molecule has 0 saturated carbocycles. The molecular weight excluding hydrogens is 364 g/mol. The Kier molecular flexibility index (Phi) is 4.88. The van der Waals surface area contributed by atoms with E-state index < -0.39 is 9.84 Å². The summed E-state index contributed by atoms with van der Waals surface area (Å²) in [6.07, 6.45) is 2.13. The van der Waals surface area contributed by atoms with Crippen molar-refractivity contribution in [1.29, 1.82) is 0 Å². The molecule has 0 bridgehead atoms. The lowest BCUT2D eigenvalue weighted by molar-refractivity contribution is 0.0724. The van der Waals surface area contributed by atoms with E-state index in [9.17, 15) is 13.2 Å². The van der Waals surface area contributed by atoms with Crippen LogP contribution in [0.5, 0.6) is 0 Å². The van der Waals surface area contributed by atoms with Gasteiger partial charge in [-0.3, -0.25) is 4.79 Å². The van der Waals surface area contributed by atoms with Gasteiger partial charge in [-0.05, 0) is 25.8 Å². The van der Waals surface area contributed by atoms with Gasteiger partial charge < -0.3 is 9.42 Å². The monoisotopic (exact) mass is 382 g/mol. The van der Waals surface area contributed by atoms with Crippen molar-refractivity contribution in [3.8, 4) is 11.3 Å². The third-order valence-corrected chi connectivity index (χ3v) is 6.55. The minimum atomic E-state index is -3.08. The molecule has 0 atom stereocenters. The van der Waals surface area contributed by atoms with Crippen LogP contribution in [0.1, 0.15) is 29.0 Å². The molecule has 1 aliphatic heterocycles. The fourth-order valence-electron chi connectivity index (χ4n) is 3.11. The third-order valence-electron chi connectivity index (χ3n) is 4.54. The van der Waals surface area contributed by atoms with Gasteiger partial charge in [-0.25, -0.2) is 8.42 Å². The zero-order chi connectivity index (χ0) is 18.2. The Morgan fingerprint density at radius 1 is 1.28 bits per heavy atom. The maximum atomic E-state index is 13.0. The van der Waals surface area contributed by atoms with Gasteiger partial charge in [-0.15, -0.1) is 0 Å². The van der Waals surface area contributed by atoms with E-state index in [1.54, 1.807) is 30.0 Å². The number of benzene rings is 1. The van der Waals surface area contributed by atoms with Gasteiger partial charge in [-0.2, -0.15) is 0 Å². The summed E-state index contributed by atoms with van der Waals surface area (Å²) in [7, 11) is -3.08. The van der Waals surface area contributed by atoms with Crippen molar-refractivity contribution < 1.29 is 17.7 Å². The first-order chi connectivity index (χ1) is 11.8. The number of aromatic nitrogens is 1. The lowest BCUT2D eigenvalue weighted by atomic mass is 10.0. The number of hydrogen-bond donors (Lipinski definition) is 0. The summed E-state index contributed by atoms with van der Waals surface area (Å²) >= 11 is 6.23. The zero-order valence-electron chi connectivity index (χ0n) is 14.0. The Labute approximate surface area is 151 Å². The minimum absolute atomic E-state index is 0.208. The average Bonchev–Trinajstić information content (AvgIpc) is 2.95. The molecular formula is C17H19ClN2O4S. The van der Waals surface area contributed by atoms with E-state index in [0.29, 0.717) is 53.5 Å². The normalized spacial score (nSPS) is 16.2. The predicted octanol–water partition coefficient (Wildman–Crippen LogP) is 2.95. The Balaban J connectivity index is 1.87. The van der Waals surface area contributed by atoms with E-state index in [0.717, 1.165) is 0 Å². The van der Waals surface area contributed by atoms with Crippen molar-refractivity contribution in [3.63, 3.8) is 0 Å². The number of carbonyl (C=O) groups is 1. The van der Waals surface area contributed by atoms with Crippen molar-refractivity contribution in [3.05, 3.63) is 40.6 Å². The van der Waals surface area contributed by atoms with Crippen molar-refractivity contribution in [2.24, 2.45) is 0 Å². The molecule has 1 amide bonds. The van der Waals surface area contributed by atoms with Gasteiger partial charge in [0, 0.05) is 24.9 Å². The van der Waals surface area contributed by atoms with Gasteiger partial charge in [0.2, 0.25) is 0 Å². The van der Waals surface area contributed by atoms with Gasteiger partial charge in [0.15, 0.2) is 0 Å². The summed E-state index contributed by atoms with van der Waals surface area (Å²) in [4.78, 5) is 14.6. The number of carbonyl (C=O) groups excluding carboxylic acids is 1. The first kappa shape index (κ1) is 17.9. The van der Waals surface area contributed by atoms with Crippen LogP contribution in [0, 0.1) is 6.92 Å². The highest BCUT2D eigenvalue weighted by atomic mass is 35.5. The minimum Gasteiger partial charge on any atom is -0.360 e. The highest BCUT2D eigenvalue weighted by Gasteiger charge is 2.32.